The molecule has 1 saturated heterocycles. The van der Waals surface area contributed by atoms with Crippen molar-refractivity contribution in [1.82, 2.24) is 4.90 Å². The normalized spacial score (nSPS) is 15.9. The average molecular weight is 344 g/mol. The molecule has 0 aliphatic carbocycles. The minimum atomic E-state index is -0.922. The van der Waals surface area contributed by atoms with Crippen LogP contribution in [0.15, 0.2) is 54.6 Å². The number of nitrogens with zero attached hydrogens (tertiary/aromatic N) is 1. The van der Waals surface area contributed by atoms with Crippen LogP contribution in [0.2, 0.25) is 5.02 Å². The summed E-state index contributed by atoms with van der Waals surface area (Å²) in [7, 11) is 0. The number of benzene rings is 2. The van der Waals surface area contributed by atoms with Gasteiger partial charge >= 0.3 is 5.97 Å². The van der Waals surface area contributed by atoms with Crippen molar-refractivity contribution in [2.24, 2.45) is 0 Å². The second-order valence-corrected chi connectivity index (χ2v) is 6.19. The maximum atomic E-state index is 12.9. The van der Waals surface area contributed by atoms with Crippen LogP contribution in [0.25, 0.3) is 0 Å². The van der Waals surface area contributed by atoms with Crippen molar-refractivity contribution in [3.05, 3.63) is 65.2 Å². The summed E-state index contributed by atoms with van der Waals surface area (Å²) in [6.45, 7) is 1.43. The molecule has 1 aliphatic heterocycles. The van der Waals surface area contributed by atoms with Gasteiger partial charge in [0.05, 0.1) is 0 Å². The van der Waals surface area contributed by atoms with Crippen molar-refractivity contribution in [2.45, 2.75) is 18.9 Å². The van der Waals surface area contributed by atoms with Crippen LogP contribution < -0.4 is 4.74 Å². The molecule has 0 amide bonds. The maximum absolute atomic E-state index is 12.9. The highest BCUT2D eigenvalue weighted by molar-refractivity contribution is 6.30. The molecule has 1 heterocycles. The van der Waals surface area contributed by atoms with E-state index in [2.05, 4.69) is 0 Å². The van der Waals surface area contributed by atoms with Crippen LogP contribution in [0.3, 0.4) is 0 Å². The second kappa shape index (κ2) is 7.60. The van der Waals surface area contributed by atoms with Crippen LogP contribution in [0.4, 0.5) is 0 Å². The highest BCUT2D eigenvalue weighted by atomic mass is 35.5. The average Bonchev–Trinajstić information content (AvgIpc) is 3.10. The summed E-state index contributed by atoms with van der Waals surface area (Å²) in [4.78, 5) is 27.5. The largest absolute Gasteiger partial charge is 0.425 e. The van der Waals surface area contributed by atoms with Gasteiger partial charge in [0.2, 0.25) is 0 Å². The Morgan fingerprint density at radius 2 is 1.58 bits per heavy atom. The number of carbonyl (C=O) groups is 2. The monoisotopic (exact) mass is 343 g/mol. The van der Waals surface area contributed by atoms with Crippen LogP contribution in [0, 0.1) is 0 Å². The number of halogens is 1. The van der Waals surface area contributed by atoms with Crippen LogP contribution >= 0.6 is 11.6 Å². The number of rotatable bonds is 5. The number of hydrogen-bond donors (Lipinski definition) is 0. The molecule has 5 heteroatoms. The molecule has 1 fully saturated rings. The Balaban J connectivity index is 1.84. The molecule has 0 saturated carbocycles. The van der Waals surface area contributed by atoms with Crippen molar-refractivity contribution in [2.75, 3.05) is 13.1 Å². The number of ether oxygens (including phenoxy) is 1. The number of carbonyl (C=O) groups excluding carboxylic acids is 2. The SMILES string of the molecule is O=C(Oc1ccccc1)C(C(=O)c1ccc(Cl)cc1)N1CCCC1. The summed E-state index contributed by atoms with van der Waals surface area (Å²) in [5.74, 6) is -0.354. The molecule has 1 aliphatic rings. The first-order valence-corrected chi connectivity index (χ1v) is 8.33. The van der Waals surface area contributed by atoms with Gasteiger partial charge < -0.3 is 4.74 Å². The van der Waals surface area contributed by atoms with E-state index < -0.39 is 12.0 Å². The predicted octanol–water partition coefficient (Wildman–Crippen LogP) is 3.59. The fourth-order valence-corrected chi connectivity index (χ4v) is 2.98. The Morgan fingerprint density at radius 3 is 2.21 bits per heavy atom. The molecule has 0 spiro atoms. The summed E-state index contributed by atoms with van der Waals surface area (Å²) in [5.41, 5.74) is 0.460. The van der Waals surface area contributed by atoms with Gasteiger partial charge in [-0.15, -0.1) is 0 Å². The standard InChI is InChI=1S/C19H18ClNO3/c20-15-10-8-14(9-11-15)18(22)17(21-12-4-5-13-21)19(23)24-16-6-2-1-3-7-16/h1-3,6-11,17H,4-5,12-13H2. The van der Waals surface area contributed by atoms with Gasteiger partial charge in [-0.2, -0.15) is 0 Å². The zero-order chi connectivity index (χ0) is 16.9. The Hall–Kier alpha value is -2.17. The summed E-state index contributed by atoms with van der Waals surface area (Å²) in [6, 6.07) is 14.5. The summed E-state index contributed by atoms with van der Waals surface area (Å²) < 4.78 is 5.43. The van der Waals surface area contributed by atoms with Gasteiger partial charge in [0.25, 0.3) is 0 Å². The fraction of sp³-hybridized carbons (Fsp3) is 0.263. The second-order valence-electron chi connectivity index (χ2n) is 5.75. The number of ketones is 1. The van der Waals surface area contributed by atoms with Gasteiger partial charge in [-0.1, -0.05) is 29.8 Å². The third-order valence-corrected chi connectivity index (χ3v) is 4.32. The van der Waals surface area contributed by atoms with E-state index in [0.717, 1.165) is 12.8 Å². The zero-order valence-corrected chi connectivity index (χ0v) is 13.9. The zero-order valence-electron chi connectivity index (χ0n) is 13.2. The molecule has 3 rings (SSSR count). The third kappa shape index (κ3) is 3.83. The van der Waals surface area contributed by atoms with Gasteiger partial charge in [0.1, 0.15) is 5.75 Å². The van der Waals surface area contributed by atoms with E-state index in [1.165, 1.54) is 0 Å². The number of likely N-dealkylation sites (tertiary alicyclic amines) is 1. The van der Waals surface area contributed by atoms with Gasteiger partial charge in [0, 0.05) is 10.6 Å². The molecule has 0 bridgehead atoms. The lowest BCUT2D eigenvalue weighted by atomic mass is 10.0. The summed E-state index contributed by atoms with van der Waals surface area (Å²) in [6.07, 6.45) is 1.95. The number of Topliss-reactive ketones (excluding diaryl/α,β-unsaturated/α-hetero) is 1. The van der Waals surface area contributed by atoms with E-state index in [-0.39, 0.29) is 5.78 Å². The molecule has 0 aromatic heterocycles. The first-order valence-electron chi connectivity index (χ1n) is 7.96. The molecular formula is C19H18ClNO3. The van der Waals surface area contributed by atoms with Crippen molar-refractivity contribution in [3.8, 4) is 5.75 Å². The van der Waals surface area contributed by atoms with Crippen molar-refractivity contribution < 1.29 is 14.3 Å². The van der Waals surface area contributed by atoms with Gasteiger partial charge in [-0.05, 0) is 62.3 Å². The fourth-order valence-electron chi connectivity index (χ4n) is 2.85. The number of hydrogen-bond acceptors (Lipinski definition) is 4. The third-order valence-electron chi connectivity index (χ3n) is 4.07. The highest BCUT2D eigenvalue weighted by Gasteiger charge is 2.36. The first kappa shape index (κ1) is 16.7. The minimum Gasteiger partial charge on any atom is -0.425 e. The summed E-state index contributed by atoms with van der Waals surface area (Å²) >= 11 is 5.88. The van der Waals surface area contributed by atoms with Gasteiger partial charge in [-0.3, -0.25) is 9.69 Å². The van der Waals surface area contributed by atoms with Gasteiger partial charge in [0.15, 0.2) is 11.8 Å². The van der Waals surface area contributed by atoms with E-state index in [0.29, 0.717) is 29.4 Å². The molecule has 1 unspecified atom stereocenters. The topological polar surface area (TPSA) is 46.6 Å². The highest BCUT2D eigenvalue weighted by Crippen LogP contribution is 2.20. The molecule has 0 radical (unpaired) electrons. The van der Waals surface area contributed by atoms with Gasteiger partial charge in [-0.25, -0.2) is 4.79 Å². The summed E-state index contributed by atoms with van der Waals surface area (Å²) in [5, 5.41) is 0.552. The van der Waals surface area contributed by atoms with Crippen LogP contribution in [-0.2, 0) is 4.79 Å². The Labute approximate surface area is 146 Å². The lowest BCUT2D eigenvalue weighted by molar-refractivity contribution is -0.138. The smallest absolute Gasteiger partial charge is 0.336 e. The van der Waals surface area contributed by atoms with E-state index in [9.17, 15) is 9.59 Å². The molecular weight excluding hydrogens is 326 g/mol. The van der Waals surface area contributed by atoms with Crippen molar-refractivity contribution in [1.29, 1.82) is 0 Å². The molecule has 24 heavy (non-hydrogen) atoms. The Bertz CT molecular complexity index is 709. The first-order chi connectivity index (χ1) is 11.6. The number of esters is 1. The quantitative estimate of drug-likeness (QED) is 0.360. The van der Waals surface area contributed by atoms with Crippen molar-refractivity contribution in [3.63, 3.8) is 0 Å². The van der Waals surface area contributed by atoms with Crippen LogP contribution in [0.5, 0.6) is 5.75 Å². The Morgan fingerprint density at radius 1 is 0.958 bits per heavy atom. The van der Waals surface area contributed by atoms with E-state index >= 15 is 0 Å². The molecule has 2 aromatic rings. The molecule has 1 atom stereocenters. The molecule has 2 aromatic carbocycles. The maximum Gasteiger partial charge on any atom is 0.336 e. The molecule has 124 valence electrons. The van der Waals surface area contributed by atoms with Crippen LogP contribution in [0.1, 0.15) is 23.2 Å². The van der Waals surface area contributed by atoms with Crippen molar-refractivity contribution >= 4 is 23.4 Å². The Kier molecular flexibility index (Phi) is 5.28. The van der Waals surface area contributed by atoms with Crippen LogP contribution in [-0.4, -0.2) is 35.8 Å². The predicted molar refractivity (Wildman–Crippen MR) is 92.5 cm³/mol. The van der Waals surface area contributed by atoms with E-state index in [4.69, 9.17) is 16.3 Å². The molecule has 0 N–H and O–H groups in total. The molecule has 4 nitrogen and oxygen atoms in total. The van der Waals surface area contributed by atoms with E-state index in [1.807, 2.05) is 11.0 Å². The minimum absolute atomic E-state index is 0.255. The lowest BCUT2D eigenvalue weighted by Gasteiger charge is -2.24. The number of para-hydroxylation sites is 1. The lowest BCUT2D eigenvalue weighted by Crippen LogP contribution is -2.47. The van der Waals surface area contributed by atoms with E-state index in [1.54, 1.807) is 48.5 Å².